The summed E-state index contributed by atoms with van der Waals surface area (Å²) in [5.74, 6) is 1.90. The summed E-state index contributed by atoms with van der Waals surface area (Å²) in [5, 5.41) is 2.84. The van der Waals surface area contributed by atoms with Gasteiger partial charge in [0.05, 0.1) is 6.54 Å². The smallest absolute Gasteiger partial charge is 0.258 e. The summed E-state index contributed by atoms with van der Waals surface area (Å²) >= 11 is 0. The van der Waals surface area contributed by atoms with Crippen molar-refractivity contribution in [2.75, 3.05) is 19.8 Å². The molecule has 3 aromatic rings. The van der Waals surface area contributed by atoms with Gasteiger partial charge in [-0.2, -0.15) is 0 Å². The van der Waals surface area contributed by atoms with Gasteiger partial charge in [0, 0.05) is 5.56 Å². The first-order chi connectivity index (χ1) is 13.8. The molecule has 0 unspecified atom stereocenters. The number of rotatable bonds is 6. The minimum Gasteiger partial charge on any atom is -0.486 e. The number of carbonyl (C=O) groups is 1. The van der Waals surface area contributed by atoms with Gasteiger partial charge in [-0.3, -0.25) is 4.79 Å². The van der Waals surface area contributed by atoms with Crippen LogP contribution in [0.3, 0.4) is 0 Å². The van der Waals surface area contributed by atoms with E-state index in [1.807, 2.05) is 78.9 Å². The van der Waals surface area contributed by atoms with Crippen LogP contribution in [0.15, 0.2) is 78.9 Å². The highest BCUT2D eigenvalue weighted by atomic mass is 16.6. The van der Waals surface area contributed by atoms with E-state index in [9.17, 15) is 4.79 Å². The van der Waals surface area contributed by atoms with Crippen molar-refractivity contribution in [3.63, 3.8) is 0 Å². The number of hydrogen-bond acceptors (Lipinski definition) is 4. The highest BCUT2D eigenvalue weighted by Crippen LogP contribution is 2.31. The SMILES string of the molecule is O=C(COc1ccccc1-c1ccccc1)NC[C@@H]1COc2ccccc2O1. The topological polar surface area (TPSA) is 56.8 Å². The highest BCUT2D eigenvalue weighted by Gasteiger charge is 2.21. The predicted molar refractivity (Wildman–Crippen MR) is 107 cm³/mol. The fraction of sp³-hybridized carbons (Fsp3) is 0.174. The zero-order valence-electron chi connectivity index (χ0n) is 15.3. The van der Waals surface area contributed by atoms with Crippen LogP contribution < -0.4 is 19.5 Å². The minimum atomic E-state index is -0.226. The van der Waals surface area contributed by atoms with Crippen molar-refractivity contribution >= 4 is 5.91 Å². The fourth-order valence-electron chi connectivity index (χ4n) is 3.03. The molecule has 142 valence electrons. The first-order valence-electron chi connectivity index (χ1n) is 9.22. The molecule has 0 fully saturated rings. The number of fused-ring (bicyclic) bond motifs is 1. The quantitative estimate of drug-likeness (QED) is 0.714. The van der Waals surface area contributed by atoms with Crippen LogP contribution in [0.2, 0.25) is 0 Å². The number of ether oxygens (including phenoxy) is 3. The molecular weight excluding hydrogens is 354 g/mol. The average molecular weight is 375 g/mol. The van der Waals surface area contributed by atoms with Crippen LogP contribution in [0.4, 0.5) is 0 Å². The monoisotopic (exact) mass is 375 g/mol. The van der Waals surface area contributed by atoms with E-state index in [2.05, 4.69) is 5.32 Å². The third kappa shape index (κ3) is 4.26. The summed E-state index contributed by atoms with van der Waals surface area (Å²) in [4.78, 5) is 12.2. The van der Waals surface area contributed by atoms with Gasteiger partial charge in [0.25, 0.3) is 5.91 Å². The predicted octanol–water partition coefficient (Wildman–Crippen LogP) is 3.69. The Morgan fingerprint density at radius 1 is 0.929 bits per heavy atom. The minimum absolute atomic E-state index is 0.0615. The maximum absolute atomic E-state index is 12.2. The lowest BCUT2D eigenvalue weighted by Gasteiger charge is -2.26. The van der Waals surface area contributed by atoms with Crippen LogP contribution >= 0.6 is 0 Å². The molecule has 1 amide bonds. The second-order valence-corrected chi connectivity index (χ2v) is 6.45. The van der Waals surface area contributed by atoms with Crippen LogP contribution in [-0.2, 0) is 4.79 Å². The van der Waals surface area contributed by atoms with E-state index < -0.39 is 0 Å². The third-order valence-electron chi connectivity index (χ3n) is 4.43. The average Bonchev–Trinajstić information content (AvgIpc) is 2.77. The van der Waals surface area contributed by atoms with Crippen molar-refractivity contribution in [3.05, 3.63) is 78.9 Å². The van der Waals surface area contributed by atoms with Crippen LogP contribution in [0.5, 0.6) is 17.2 Å². The molecular formula is C23H21NO4. The molecule has 0 bridgehead atoms. The molecule has 0 saturated heterocycles. The molecule has 1 atom stereocenters. The molecule has 4 rings (SSSR count). The second kappa shape index (κ2) is 8.48. The van der Waals surface area contributed by atoms with Gasteiger partial charge in [0.15, 0.2) is 18.1 Å². The van der Waals surface area contributed by atoms with Crippen molar-refractivity contribution in [2.24, 2.45) is 0 Å². The number of para-hydroxylation sites is 3. The molecule has 1 aliphatic rings. The lowest BCUT2D eigenvalue weighted by atomic mass is 10.1. The molecule has 0 saturated carbocycles. The Morgan fingerprint density at radius 3 is 2.50 bits per heavy atom. The van der Waals surface area contributed by atoms with Crippen molar-refractivity contribution < 1.29 is 19.0 Å². The Morgan fingerprint density at radius 2 is 1.64 bits per heavy atom. The maximum Gasteiger partial charge on any atom is 0.258 e. The fourth-order valence-corrected chi connectivity index (χ4v) is 3.03. The lowest BCUT2D eigenvalue weighted by molar-refractivity contribution is -0.123. The largest absolute Gasteiger partial charge is 0.486 e. The molecule has 1 aliphatic heterocycles. The number of nitrogens with one attached hydrogen (secondary N) is 1. The Hall–Kier alpha value is -3.47. The molecule has 1 heterocycles. The molecule has 3 aromatic carbocycles. The zero-order chi connectivity index (χ0) is 19.2. The Kier molecular flexibility index (Phi) is 5.43. The summed E-state index contributed by atoms with van der Waals surface area (Å²) in [7, 11) is 0. The summed E-state index contributed by atoms with van der Waals surface area (Å²) < 4.78 is 17.3. The normalized spacial score (nSPS) is 14.9. The van der Waals surface area contributed by atoms with Crippen LogP contribution in [0, 0.1) is 0 Å². The van der Waals surface area contributed by atoms with Gasteiger partial charge >= 0.3 is 0 Å². The molecule has 5 heteroatoms. The van der Waals surface area contributed by atoms with Gasteiger partial charge in [0.2, 0.25) is 0 Å². The first kappa shape index (κ1) is 17.9. The molecule has 0 spiro atoms. The van der Waals surface area contributed by atoms with Gasteiger partial charge in [-0.05, 0) is 23.8 Å². The van der Waals surface area contributed by atoms with Gasteiger partial charge in [0.1, 0.15) is 18.5 Å². The number of carbonyl (C=O) groups excluding carboxylic acids is 1. The Labute approximate surface area is 163 Å². The molecule has 1 N–H and O–H groups in total. The van der Waals surface area contributed by atoms with Gasteiger partial charge in [-0.1, -0.05) is 60.7 Å². The van der Waals surface area contributed by atoms with E-state index >= 15 is 0 Å². The van der Waals surface area contributed by atoms with E-state index in [-0.39, 0.29) is 18.6 Å². The van der Waals surface area contributed by atoms with Crippen LogP contribution in [0.25, 0.3) is 11.1 Å². The highest BCUT2D eigenvalue weighted by molar-refractivity contribution is 5.78. The van der Waals surface area contributed by atoms with Gasteiger partial charge < -0.3 is 19.5 Å². The Balaban J connectivity index is 1.30. The lowest BCUT2D eigenvalue weighted by Crippen LogP contribution is -2.42. The third-order valence-corrected chi connectivity index (χ3v) is 4.43. The van der Waals surface area contributed by atoms with Crippen molar-refractivity contribution in [2.45, 2.75) is 6.10 Å². The molecule has 0 aliphatic carbocycles. The summed E-state index contributed by atoms with van der Waals surface area (Å²) in [5.41, 5.74) is 2.00. The number of hydrogen-bond donors (Lipinski definition) is 1. The number of amides is 1. The van der Waals surface area contributed by atoms with E-state index in [1.54, 1.807) is 0 Å². The van der Waals surface area contributed by atoms with Crippen molar-refractivity contribution in [1.82, 2.24) is 5.32 Å². The Bertz CT molecular complexity index is 942. The molecule has 28 heavy (non-hydrogen) atoms. The summed E-state index contributed by atoms with van der Waals surface area (Å²) in [6, 6.07) is 25.1. The maximum atomic E-state index is 12.2. The van der Waals surface area contributed by atoms with E-state index in [1.165, 1.54) is 0 Å². The molecule has 5 nitrogen and oxygen atoms in total. The van der Waals surface area contributed by atoms with Crippen molar-refractivity contribution in [1.29, 1.82) is 0 Å². The second-order valence-electron chi connectivity index (χ2n) is 6.45. The molecule has 0 aromatic heterocycles. The van der Waals surface area contributed by atoms with E-state index in [0.717, 1.165) is 16.9 Å². The van der Waals surface area contributed by atoms with E-state index in [0.29, 0.717) is 24.7 Å². The summed E-state index contributed by atoms with van der Waals surface area (Å²) in [6.45, 7) is 0.694. The van der Waals surface area contributed by atoms with Crippen LogP contribution in [-0.4, -0.2) is 31.8 Å². The van der Waals surface area contributed by atoms with E-state index in [4.69, 9.17) is 14.2 Å². The van der Waals surface area contributed by atoms with Crippen molar-refractivity contribution in [3.8, 4) is 28.4 Å². The standard InChI is InChI=1S/C23H21NO4/c25-23(24-14-18-15-26-21-12-6-7-13-22(21)28-18)16-27-20-11-5-4-10-19(20)17-8-2-1-3-9-17/h1-13,18H,14-16H2,(H,24,25)/t18-/m1/s1. The first-order valence-corrected chi connectivity index (χ1v) is 9.22. The molecule has 0 radical (unpaired) electrons. The zero-order valence-corrected chi connectivity index (χ0v) is 15.3. The summed E-state index contributed by atoms with van der Waals surface area (Å²) in [6.07, 6.45) is -0.226. The number of benzene rings is 3. The van der Waals surface area contributed by atoms with Gasteiger partial charge in [-0.15, -0.1) is 0 Å². The van der Waals surface area contributed by atoms with Crippen LogP contribution in [0.1, 0.15) is 0 Å². The van der Waals surface area contributed by atoms with Gasteiger partial charge in [-0.25, -0.2) is 0 Å².